The summed E-state index contributed by atoms with van der Waals surface area (Å²) in [5, 5.41) is 13.5. The molecule has 0 radical (unpaired) electrons. The van der Waals surface area contributed by atoms with Crippen LogP contribution in [0, 0.1) is 10.1 Å². The first-order chi connectivity index (χ1) is 9.06. The minimum absolute atomic E-state index is 0.0450. The van der Waals surface area contributed by atoms with Crippen LogP contribution in [0.5, 0.6) is 0 Å². The van der Waals surface area contributed by atoms with Gasteiger partial charge >= 0.3 is 6.09 Å². The zero-order chi connectivity index (χ0) is 14.3. The standard InChI is InChI=1S/C13H18N2O4/c1-3-4-9-14-13(16)19-10(2)11-7-5-6-8-12(11)15(17)18/h5-8,10H,3-4,9H2,1-2H3,(H,14,16). The molecule has 0 aromatic heterocycles. The van der Waals surface area contributed by atoms with Gasteiger partial charge in [-0.1, -0.05) is 25.5 Å². The zero-order valence-corrected chi connectivity index (χ0v) is 11.1. The molecule has 0 bridgehead atoms. The van der Waals surface area contributed by atoms with E-state index in [4.69, 9.17) is 4.74 Å². The van der Waals surface area contributed by atoms with Crippen molar-refractivity contribution in [2.45, 2.75) is 32.8 Å². The fraction of sp³-hybridized carbons (Fsp3) is 0.462. The smallest absolute Gasteiger partial charge is 0.407 e. The van der Waals surface area contributed by atoms with Gasteiger partial charge in [0.2, 0.25) is 0 Å². The van der Waals surface area contributed by atoms with E-state index in [1.54, 1.807) is 25.1 Å². The number of amides is 1. The number of para-hydroxylation sites is 1. The van der Waals surface area contributed by atoms with Crippen LogP contribution in [0.2, 0.25) is 0 Å². The van der Waals surface area contributed by atoms with Crippen molar-refractivity contribution in [2.24, 2.45) is 0 Å². The van der Waals surface area contributed by atoms with Crippen molar-refractivity contribution in [2.75, 3.05) is 6.54 Å². The van der Waals surface area contributed by atoms with Crippen molar-refractivity contribution in [3.8, 4) is 0 Å². The van der Waals surface area contributed by atoms with E-state index in [0.29, 0.717) is 12.1 Å². The van der Waals surface area contributed by atoms with Gasteiger partial charge in [-0.2, -0.15) is 0 Å². The summed E-state index contributed by atoms with van der Waals surface area (Å²) in [5.41, 5.74) is 0.342. The molecule has 0 saturated heterocycles. The Morgan fingerprint density at radius 3 is 2.79 bits per heavy atom. The second kappa shape index (κ2) is 7.35. The van der Waals surface area contributed by atoms with Gasteiger partial charge in [0.25, 0.3) is 5.69 Å². The molecule has 0 saturated carbocycles. The molecule has 0 fully saturated rings. The second-order valence-electron chi connectivity index (χ2n) is 4.14. The number of carbonyl (C=O) groups is 1. The zero-order valence-electron chi connectivity index (χ0n) is 11.1. The number of alkyl carbamates (subject to hydrolysis) is 1. The Balaban J connectivity index is 2.65. The summed E-state index contributed by atoms with van der Waals surface area (Å²) in [6, 6.07) is 6.24. The molecule has 1 aromatic rings. The van der Waals surface area contributed by atoms with Gasteiger partial charge in [0.15, 0.2) is 0 Å². The Hall–Kier alpha value is -2.11. The van der Waals surface area contributed by atoms with Crippen LogP contribution in [0.15, 0.2) is 24.3 Å². The van der Waals surface area contributed by atoms with Crippen LogP contribution in [-0.4, -0.2) is 17.6 Å². The number of unbranched alkanes of at least 4 members (excludes halogenated alkanes) is 1. The van der Waals surface area contributed by atoms with Gasteiger partial charge in [-0.25, -0.2) is 4.79 Å². The van der Waals surface area contributed by atoms with E-state index >= 15 is 0 Å². The molecule has 1 unspecified atom stereocenters. The largest absolute Gasteiger partial charge is 0.441 e. The van der Waals surface area contributed by atoms with E-state index in [9.17, 15) is 14.9 Å². The highest BCUT2D eigenvalue weighted by Gasteiger charge is 2.20. The maximum absolute atomic E-state index is 11.5. The normalized spacial score (nSPS) is 11.7. The van der Waals surface area contributed by atoms with Crippen LogP contribution < -0.4 is 5.32 Å². The highest BCUT2D eigenvalue weighted by Crippen LogP contribution is 2.26. The fourth-order valence-corrected chi connectivity index (χ4v) is 1.63. The monoisotopic (exact) mass is 266 g/mol. The number of benzene rings is 1. The SMILES string of the molecule is CCCCNC(=O)OC(C)c1ccccc1[N+](=O)[O-]. The molecular formula is C13H18N2O4. The molecule has 6 nitrogen and oxygen atoms in total. The minimum Gasteiger partial charge on any atom is -0.441 e. The third-order valence-electron chi connectivity index (χ3n) is 2.65. The molecular weight excluding hydrogens is 248 g/mol. The maximum atomic E-state index is 11.5. The molecule has 1 amide bonds. The Labute approximate surface area is 111 Å². The van der Waals surface area contributed by atoms with Gasteiger partial charge in [-0.05, 0) is 19.4 Å². The first kappa shape index (κ1) is 14.9. The highest BCUT2D eigenvalue weighted by atomic mass is 16.6. The molecule has 1 N–H and O–H groups in total. The molecule has 1 atom stereocenters. The lowest BCUT2D eigenvalue weighted by atomic mass is 10.1. The van der Waals surface area contributed by atoms with Gasteiger partial charge < -0.3 is 10.1 Å². The highest BCUT2D eigenvalue weighted by molar-refractivity contribution is 5.67. The molecule has 0 aliphatic carbocycles. The van der Waals surface area contributed by atoms with E-state index in [1.165, 1.54) is 6.07 Å². The fourth-order valence-electron chi connectivity index (χ4n) is 1.63. The van der Waals surface area contributed by atoms with Crippen LogP contribution in [0.3, 0.4) is 0 Å². The number of hydrogen-bond acceptors (Lipinski definition) is 4. The average Bonchev–Trinajstić information content (AvgIpc) is 2.39. The van der Waals surface area contributed by atoms with E-state index < -0.39 is 17.1 Å². The predicted octanol–water partition coefficient (Wildman–Crippen LogP) is 3.18. The lowest BCUT2D eigenvalue weighted by molar-refractivity contribution is -0.386. The Morgan fingerprint density at radius 1 is 1.47 bits per heavy atom. The number of hydrogen-bond donors (Lipinski definition) is 1. The van der Waals surface area contributed by atoms with Crippen molar-refractivity contribution in [1.82, 2.24) is 5.32 Å². The number of nitrogens with one attached hydrogen (secondary N) is 1. The van der Waals surface area contributed by atoms with Crippen LogP contribution in [0.1, 0.15) is 38.4 Å². The molecule has 0 heterocycles. The van der Waals surface area contributed by atoms with Crippen molar-refractivity contribution in [1.29, 1.82) is 0 Å². The predicted molar refractivity (Wildman–Crippen MR) is 70.9 cm³/mol. The molecule has 1 rings (SSSR count). The number of ether oxygens (including phenoxy) is 1. The van der Waals surface area contributed by atoms with E-state index in [-0.39, 0.29) is 5.69 Å². The topological polar surface area (TPSA) is 81.5 Å². The number of nitro benzene ring substituents is 1. The third-order valence-corrected chi connectivity index (χ3v) is 2.65. The molecule has 6 heteroatoms. The number of nitro groups is 1. The van der Waals surface area contributed by atoms with Gasteiger partial charge in [-0.3, -0.25) is 10.1 Å². The van der Waals surface area contributed by atoms with Crippen molar-refractivity contribution in [3.05, 3.63) is 39.9 Å². The Bertz CT molecular complexity index is 448. The molecule has 0 aliphatic rings. The van der Waals surface area contributed by atoms with Crippen molar-refractivity contribution in [3.63, 3.8) is 0 Å². The summed E-state index contributed by atoms with van der Waals surface area (Å²) in [6.07, 6.45) is 0.622. The summed E-state index contributed by atoms with van der Waals surface area (Å²) < 4.78 is 5.12. The van der Waals surface area contributed by atoms with E-state index in [1.807, 2.05) is 6.92 Å². The van der Waals surface area contributed by atoms with Gasteiger partial charge in [-0.15, -0.1) is 0 Å². The molecule has 104 valence electrons. The van der Waals surface area contributed by atoms with Gasteiger partial charge in [0.05, 0.1) is 10.5 Å². The molecule has 0 spiro atoms. The Kier molecular flexibility index (Phi) is 5.78. The average molecular weight is 266 g/mol. The number of nitrogens with zero attached hydrogens (tertiary/aromatic N) is 1. The molecule has 1 aromatic carbocycles. The van der Waals surface area contributed by atoms with Crippen molar-refractivity contribution < 1.29 is 14.5 Å². The maximum Gasteiger partial charge on any atom is 0.407 e. The summed E-state index contributed by atoms with van der Waals surface area (Å²) in [4.78, 5) is 21.9. The lowest BCUT2D eigenvalue weighted by Crippen LogP contribution is -2.26. The van der Waals surface area contributed by atoms with Crippen LogP contribution in [0.25, 0.3) is 0 Å². The molecule has 19 heavy (non-hydrogen) atoms. The van der Waals surface area contributed by atoms with Crippen LogP contribution >= 0.6 is 0 Å². The number of rotatable bonds is 6. The van der Waals surface area contributed by atoms with Gasteiger partial charge in [0.1, 0.15) is 6.10 Å². The minimum atomic E-state index is -0.664. The Morgan fingerprint density at radius 2 is 2.16 bits per heavy atom. The first-order valence-corrected chi connectivity index (χ1v) is 6.24. The second-order valence-corrected chi connectivity index (χ2v) is 4.14. The van der Waals surface area contributed by atoms with Crippen molar-refractivity contribution >= 4 is 11.8 Å². The first-order valence-electron chi connectivity index (χ1n) is 6.24. The van der Waals surface area contributed by atoms with E-state index in [0.717, 1.165) is 12.8 Å². The quantitative estimate of drug-likeness (QED) is 0.487. The lowest BCUT2D eigenvalue weighted by Gasteiger charge is -2.14. The summed E-state index contributed by atoms with van der Waals surface area (Å²) in [7, 11) is 0. The van der Waals surface area contributed by atoms with Gasteiger partial charge in [0, 0.05) is 12.6 Å². The molecule has 0 aliphatic heterocycles. The summed E-state index contributed by atoms with van der Waals surface area (Å²) >= 11 is 0. The van der Waals surface area contributed by atoms with E-state index in [2.05, 4.69) is 5.32 Å². The van der Waals surface area contributed by atoms with Crippen LogP contribution in [0.4, 0.5) is 10.5 Å². The summed E-state index contributed by atoms with van der Waals surface area (Å²) in [5.74, 6) is 0. The third kappa shape index (κ3) is 4.57. The van der Waals surface area contributed by atoms with Crippen LogP contribution in [-0.2, 0) is 4.74 Å². The summed E-state index contributed by atoms with van der Waals surface area (Å²) in [6.45, 7) is 4.17. The number of carbonyl (C=O) groups excluding carboxylic acids is 1.